The number of nitrogens with two attached hydrogens (primary N) is 3. The van der Waals surface area contributed by atoms with Gasteiger partial charge in [0.2, 0.25) is 16.7 Å². The predicted molar refractivity (Wildman–Crippen MR) is 159 cm³/mol. The Balaban J connectivity index is 1.70. The normalized spacial score (nSPS) is 15.8. The molecule has 0 aliphatic carbocycles. The van der Waals surface area contributed by atoms with E-state index < -0.39 is 17.3 Å². The van der Waals surface area contributed by atoms with Crippen molar-refractivity contribution < 1.29 is 18.9 Å². The summed E-state index contributed by atoms with van der Waals surface area (Å²) in [6, 6.07) is 13.3. The highest BCUT2D eigenvalue weighted by atomic mass is 32.2. The third-order valence-electron chi connectivity index (χ3n) is 7.27. The molecule has 1 unspecified atom stereocenters. The summed E-state index contributed by atoms with van der Waals surface area (Å²) in [7, 11) is 0. The second-order valence-corrected chi connectivity index (χ2v) is 11.4. The zero-order valence-corrected chi connectivity index (χ0v) is 24.4. The molecule has 2 atom stereocenters. The minimum absolute atomic E-state index is 0.0675. The van der Waals surface area contributed by atoms with Crippen LogP contribution in [0.3, 0.4) is 0 Å². The van der Waals surface area contributed by atoms with Crippen LogP contribution in [0.4, 0.5) is 11.4 Å². The van der Waals surface area contributed by atoms with Gasteiger partial charge in [-0.2, -0.15) is 0 Å². The number of ether oxygens (including phenoxy) is 1. The zero-order chi connectivity index (χ0) is 29.7. The van der Waals surface area contributed by atoms with Gasteiger partial charge in [0.05, 0.1) is 42.4 Å². The Morgan fingerprint density at radius 1 is 1.24 bits per heavy atom. The Kier molecular flexibility index (Phi) is 9.71. The van der Waals surface area contributed by atoms with Crippen molar-refractivity contribution >= 4 is 34.6 Å². The van der Waals surface area contributed by atoms with Gasteiger partial charge in [0.25, 0.3) is 5.88 Å². The molecule has 0 saturated carbocycles. The second kappa shape index (κ2) is 13.2. The van der Waals surface area contributed by atoms with Gasteiger partial charge in [0, 0.05) is 31.1 Å². The number of pyridine rings is 1. The van der Waals surface area contributed by atoms with Crippen molar-refractivity contribution in [3.8, 4) is 5.88 Å². The number of primary amides is 1. The van der Waals surface area contributed by atoms with Crippen LogP contribution in [0.5, 0.6) is 5.88 Å². The molecule has 0 saturated heterocycles. The van der Waals surface area contributed by atoms with Crippen molar-refractivity contribution in [2.24, 2.45) is 11.6 Å². The summed E-state index contributed by atoms with van der Waals surface area (Å²) in [6.07, 6.45) is 1.69. The largest absolute Gasteiger partial charge is 0.593 e. The van der Waals surface area contributed by atoms with E-state index in [-0.39, 0.29) is 24.8 Å². The average Bonchev–Trinajstić information content (AvgIpc) is 3.11. The highest BCUT2D eigenvalue weighted by Crippen LogP contribution is 2.37. The van der Waals surface area contributed by atoms with Gasteiger partial charge < -0.3 is 31.1 Å². The number of carbonyl (C=O) groups excluding carboxylic acids is 2. The maximum absolute atomic E-state index is 13.5. The number of carbonyl (C=O) groups is 2. The fourth-order valence-electron chi connectivity index (χ4n) is 4.87. The standard InChI is InChI=1S/C29H37N7O4S/c1-4-36(32)24-10-9-22(19(3)28(24)31)23(15-27(38)34-16-26(30)37)20-8-7-18(2)21(14-20)17-35-12-13-40-29-25(41(35)39)6-5-11-33-29/h5-11,14,23H,4,12-13,15-17,31-32H2,1-3H3,(H2,30,37)(H,34,38)/t23-,41?/m0/s1. The van der Waals surface area contributed by atoms with Crippen molar-refractivity contribution in [2.45, 2.75) is 44.6 Å². The molecule has 2 aromatic carbocycles. The molecule has 2 amide bonds. The van der Waals surface area contributed by atoms with Crippen molar-refractivity contribution in [3.05, 3.63) is 76.5 Å². The van der Waals surface area contributed by atoms with Crippen LogP contribution in [-0.2, 0) is 27.5 Å². The van der Waals surface area contributed by atoms with Crippen LogP contribution in [0, 0.1) is 13.8 Å². The lowest BCUT2D eigenvalue weighted by Crippen LogP contribution is -2.34. The van der Waals surface area contributed by atoms with E-state index in [2.05, 4.69) is 10.3 Å². The number of nitrogens with one attached hydrogen (secondary N) is 1. The molecule has 7 N–H and O–H groups in total. The molecule has 4 rings (SSSR count). The minimum atomic E-state index is -1.46. The quantitative estimate of drug-likeness (QED) is 0.121. The highest BCUT2D eigenvalue weighted by Gasteiger charge is 2.31. The monoisotopic (exact) mass is 579 g/mol. The Hall–Kier alpha value is -3.84. The first-order valence-corrected chi connectivity index (χ1v) is 14.5. The topological polar surface area (TPSA) is 176 Å². The summed E-state index contributed by atoms with van der Waals surface area (Å²) in [5.74, 6) is 5.20. The molecule has 0 bridgehead atoms. The van der Waals surface area contributed by atoms with E-state index in [9.17, 15) is 14.1 Å². The Morgan fingerprint density at radius 2 is 2.02 bits per heavy atom. The van der Waals surface area contributed by atoms with Gasteiger partial charge in [0.1, 0.15) is 6.61 Å². The zero-order valence-electron chi connectivity index (χ0n) is 23.6. The van der Waals surface area contributed by atoms with Crippen LogP contribution < -0.4 is 32.4 Å². The fourth-order valence-corrected chi connectivity index (χ4v) is 6.10. The number of nitrogen functional groups attached to an aromatic ring is 1. The minimum Gasteiger partial charge on any atom is -0.593 e. The van der Waals surface area contributed by atoms with Crippen LogP contribution >= 0.6 is 0 Å². The van der Waals surface area contributed by atoms with Crippen LogP contribution in [0.2, 0.25) is 0 Å². The van der Waals surface area contributed by atoms with Gasteiger partial charge in [0.15, 0.2) is 0 Å². The number of nitrogens with zero attached hydrogens (tertiary/aromatic N) is 3. The van der Waals surface area contributed by atoms with Gasteiger partial charge in [-0.1, -0.05) is 24.3 Å². The molecule has 3 aromatic rings. The SMILES string of the molecule is CCN(N)c1ccc([C@@H](CC(=O)NCC(N)=O)c2ccc(C)c(CN3CCOc4ncccc4[S+]3[O-])c2)c(C)c1N. The molecule has 0 fully saturated rings. The van der Waals surface area contributed by atoms with E-state index in [0.717, 1.165) is 27.8 Å². The van der Waals surface area contributed by atoms with E-state index in [0.29, 0.717) is 48.4 Å². The first-order chi connectivity index (χ1) is 19.6. The number of hydrazine groups is 1. The molecule has 0 spiro atoms. The van der Waals surface area contributed by atoms with Crippen LogP contribution in [0.25, 0.3) is 0 Å². The Bertz CT molecular complexity index is 1420. The Labute approximate surface area is 243 Å². The number of fused-ring (bicyclic) bond motifs is 1. The third-order valence-corrected chi connectivity index (χ3v) is 8.74. The molecule has 1 aromatic heterocycles. The molecule has 2 heterocycles. The van der Waals surface area contributed by atoms with Gasteiger partial charge in [-0.25, -0.2) is 10.8 Å². The number of hydrogen-bond acceptors (Lipinski definition) is 9. The number of benzene rings is 2. The summed E-state index contributed by atoms with van der Waals surface area (Å²) in [5.41, 5.74) is 17.5. The fraction of sp³-hybridized carbons (Fsp3) is 0.345. The number of amides is 2. The molecule has 218 valence electrons. The summed E-state index contributed by atoms with van der Waals surface area (Å²) in [6.45, 7) is 7.39. The summed E-state index contributed by atoms with van der Waals surface area (Å²) >= 11 is -1.46. The molecule has 1 aliphatic rings. The van der Waals surface area contributed by atoms with E-state index in [1.54, 1.807) is 23.3 Å². The second-order valence-electron chi connectivity index (χ2n) is 9.95. The lowest BCUT2D eigenvalue weighted by molar-refractivity contribution is -0.124. The molecule has 0 radical (unpaired) electrons. The van der Waals surface area contributed by atoms with Crippen LogP contribution in [0.1, 0.15) is 47.1 Å². The lowest BCUT2D eigenvalue weighted by Gasteiger charge is -2.26. The molecule has 12 heteroatoms. The van der Waals surface area contributed by atoms with Crippen molar-refractivity contribution in [3.63, 3.8) is 0 Å². The van der Waals surface area contributed by atoms with E-state index in [4.69, 9.17) is 22.0 Å². The number of hydrogen-bond donors (Lipinski definition) is 4. The molecule has 1 aliphatic heterocycles. The maximum atomic E-state index is 13.5. The highest BCUT2D eigenvalue weighted by molar-refractivity contribution is 7.89. The Morgan fingerprint density at radius 3 is 2.76 bits per heavy atom. The summed E-state index contributed by atoms with van der Waals surface area (Å²) < 4.78 is 21.0. The lowest BCUT2D eigenvalue weighted by atomic mass is 9.83. The van der Waals surface area contributed by atoms with E-state index in [1.165, 1.54) is 0 Å². The van der Waals surface area contributed by atoms with Crippen molar-refractivity contribution in [1.82, 2.24) is 14.6 Å². The van der Waals surface area contributed by atoms with Crippen LogP contribution in [0.15, 0.2) is 53.6 Å². The van der Waals surface area contributed by atoms with Gasteiger partial charge in [-0.3, -0.25) is 9.59 Å². The van der Waals surface area contributed by atoms with E-state index in [1.807, 2.05) is 55.4 Å². The number of anilines is 2. The number of aryl methyl sites for hydroxylation is 1. The smallest absolute Gasteiger partial charge is 0.272 e. The van der Waals surface area contributed by atoms with Crippen LogP contribution in [-0.4, -0.2) is 51.9 Å². The van der Waals surface area contributed by atoms with Gasteiger partial charge in [-0.15, -0.1) is 4.31 Å². The first kappa shape index (κ1) is 30.1. The third kappa shape index (κ3) is 6.91. The number of rotatable bonds is 10. The van der Waals surface area contributed by atoms with Gasteiger partial charge in [-0.05, 0) is 60.7 Å². The summed E-state index contributed by atoms with van der Waals surface area (Å²) in [4.78, 5) is 29.0. The average molecular weight is 580 g/mol. The van der Waals surface area contributed by atoms with E-state index >= 15 is 0 Å². The number of aromatic nitrogens is 1. The van der Waals surface area contributed by atoms with Crippen molar-refractivity contribution in [2.75, 3.05) is 37.0 Å². The molecular weight excluding hydrogens is 542 g/mol. The summed E-state index contributed by atoms with van der Waals surface area (Å²) in [5, 5.41) is 4.17. The van der Waals surface area contributed by atoms with Gasteiger partial charge >= 0.3 is 0 Å². The predicted octanol–water partition coefficient (Wildman–Crippen LogP) is 2.02. The first-order valence-electron chi connectivity index (χ1n) is 13.4. The molecule has 41 heavy (non-hydrogen) atoms. The maximum Gasteiger partial charge on any atom is 0.272 e. The molecule has 11 nitrogen and oxygen atoms in total. The van der Waals surface area contributed by atoms with Crippen molar-refractivity contribution in [1.29, 1.82) is 0 Å². The molecular formula is C29H37N7O4S.